The van der Waals surface area contributed by atoms with Crippen molar-refractivity contribution in [1.29, 1.82) is 0 Å². The molecule has 3 rings (SSSR count). The molecule has 0 saturated carbocycles. The van der Waals surface area contributed by atoms with Gasteiger partial charge >= 0.3 is 6.18 Å². The van der Waals surface area contributed by atoms with Crippen molar-refractivity contribution in [3.63, 3.8) is 0 Å². The third-order valence-corrected chi connectivity index (χ3v) is 4.93. The van der Waals surface area contributed by atoms with Crippen LogP contribution in [-0.2, 0) is 11.3 Å². The molecule has 2 aromatic rings. The predicted octanol–water partition coefficient (Wildman–Crippen LogP) is 2.23. The molecular formula is C19H24F3N5O2. The number of carbonyl (C=O) groups is 1. The van der Waals surface area contributed by atoms with Gasteiger partial charge in [-0.3, -0.25) is 14.6 Å². The van der Waals surface area contributed by atoms with Crippen molar-refractivity contribution in [2.45, 2.75) is 32.6 Å². The van der Waals surface area contributed by atoms with Crippen LogP contribution in [-0.4, -0.2) is 70.8 Å². The van der Waals surface area contributed by atoms with Crippen molar-refractivity contribution in [1.82, 2.24) is 25.3 Å². The number of amides is 1. The van der Waals surface area contributed by atoms with Gasteiger partial charge in [0.15, 0.2) is 0 Å². The van der Waals surface area contributed by atoms with Gasteiger partial charge in [-0.05, 0) is 13.8 Å². The highest BCUT2D eigenvalue weighted by Gasteiger charge is 2.31. The number of alkyl halides is 3. The highest BCUT2D eigenvalue weighted by Crippen LogP contribution is 2.18. The van der Waals surface area contributed by atoms with E-state index in [0.717, 1.165) is 11.1 Å². The molecule has 0 aliphatic carbocycles. The Morgan fingerprint density at radius 3 is 2.48 bits per heavy atom. The molecule has 7 nitrogen and oxygen atoms in total. The summed E-state index contributed by atoms with van der Waals surface area (Å²) in [5.74, 6) is 0.425. The van der Waals surface area contributed by atoms with E-state index < -0.39 is 24.7 Å². The number of piperazine rings is 1. The second-order valence-electron chi connectivity index (χ2n) is 7.20. The van der Waals surface area contributed by atoms with E-state index in [-0.39, 0.29) is 0 Å². The number of hydrogen-bond donors (Lipinski definition) is 1. The molecule has 0 spiro atoms. The van der Waals surface area contributed by atoms with Gasteiger partial charge in [0.2, 0.25) is 17.6 Å². The van der Waals surface area contributed by atoms with Crippen LogP contribution in [0.25, 0.3) is 11.4 Å². The molecule has 0 radical (unpaired) electrons. The molecule has 1 aliphatic heterocycles. The molecule has 1 aromatic heterocycles. The Kier molecular flexibility index (Phi) is 6.53. The van der Waals surface area contributed by atoms with Crippen molar-refractivity contribution in [2.24, 2.45) is 0 Å². The number of aromatic nitrogens is 2. The van der Waals surface area contributed by atoms with Crippen LogP contribution < -0.4 is 5.32 Å². The molecule has 1 aromatic carbocycles. The van der Waals surface area contributed by atoms with Crippen LogP contribution in [0.3, 0.4) is 0 Å². The van der Waals surface area contributed by atoms with Gasteiger partial charge in [-0.25, -0.2) is 0 Å². The maximum Gasteiger partial charge on any atom is 0.405 e. The van der Waals surface area contributed by atoms with E-state index in [1.165, 1.54) is 0 Å². The van der Waals surface area contributed by atoms with Gasteiger partial charge in [-0.1, -0.05) is 35.0 Å². The molecule has 0 bridgehead atoms. The standard InChI is InChI=1S/C19H24F3N5O2/c1-13-3-5-15(6-4-13)17-24-16(29-25-17)11-26-7-9-27(10-8-26)14(2)18(28)23-12-19(20,21)22/h3-6,14H,7-12H2,1-2H3,(H,23,28). The molecule has 1 fully saturated rings. The van der Waals surface area contributed by atoms with Crippen molar-refractivity contribution >= 4 is 5.91 Å². The average Bonchev–Trinajstić information content (AvgIpc) is 3.14. The summed E-state index contributed by atoms with van der Waals surface area (Å²) in [6.45, 7) is 5.24. The van der Waals surface area contributed by atoms with E-state index in [1.54, 1.807) is 6.92 Å². The SMILES string of the molecule is Cc1ccc(-c2noc(CN3CCN(C(C)C(=O)NCC(F)(F)F)CC3)n2)cc1. The van der Waals surface area contributed by atoms with Crippen LogP contribution in [0.2, 0.25) is 0 Å². The molecule has 1 atom stereocenters. The molecule has 2 heterocycles. The first kappa shape index (κ1) is 21.3. The van der Waals surface area contributed by atoms with Gasteiger partial charge in [0.1, 0.15) is 6.54 Å². The van der Waals surface area contributed by atoms with Gasteiger partial charge in [-0.2, -0.15) is 18.2 Å². The number of nitrogens with one attached hydrogen (secondary N) is 1. The van der Waals surface area contributed by atoms with Gasteiger partial charge in [0.25, 0.3) is 0 Å². The summed E-state index contributed by atoms with van der Waals surface area (Å²) in [4.78, 5) is 20.3. The lowest BCUT2D eigenvalue weighted by Crippen LogP contribution is -2.54. The second-order valence-corrected chi connectivity index (χ2v) is 7.20. The molecular weight excluding hydrogens is 387 g/mol. The Morgan fingerprint density at radius 1 is 1.21 bits per heavy atom. The summed E-state index contributed by atoms with van der Waals surface area (Å²) in [7, 11) is 0. The lowest BCUT2D eigenvalue weighted by molar-refractivity contribution is -0.141. The second kappa shape index (κ2) is 8.91. The zero-order valence-corrected chi connectivity index (χ0v) is 16.4. The summed E-state index contributed by atoms with van der Waals surface area (Å²) >= 11 is 0. The van der Waals surface area contributed by atoms with E-state index >= 15 is 0 Å². The predicted molar refractivity (Wildman–Crippen MR) is 99.8 cm³/mol. The van der Waals surface area contributed by atoms with Crippen LogP contribution in [0.1, 0.15) is 18.4 Å². The molecule has 158 valence electrons. The lowest BCUT2D eigenvalue weighted by atomic mass is 10.1. The molecule has 1 saturated heterocycles. The zero-order valence-electron chi connectivity index (χ0n) is 16.4. The topological polar surface area (TPSA) is 74.5 Å². The summed E-state index contributed by atoms with van der Waals surface area (Å²) in [5.41, 5.74) is 2.03. The smallest absolute Gasteiger partial charge is 0.346 e. The lowest BCUT2D eigenvalue weighted by Gasteiger charge is -2.36. The minimum absolute atomic E-state index is 0.487. The van der Waals surface area contributed by atoms with E-state index in [2.05, 4.69) is 15.0 Å². The van der Waals surface area contributed by atoms with Gasteiger partial charge < -0.3 is 9.84 Å². The number of nitrogens with zero attached hydrogens (tertiary/aromatic N) is 4. The third-order valence-electron chi connectivity index (χ3n) is 4.93. The fourth-order valence-corrected chi connectivity index (χ4v) is 3.14. The summed E-state index contributed by atoms with van der Waals surface area (Å²) in [5, 5.41) is 5.96. The number of halogens is 3. The van der Waals surface area contributed by atoms with Crippen molar-refractivity contribution < 1.29 is 22.5 Å². The van der Waals surface area contributed by atoms with E-state index in [4.69, 9.17) is 4.52 Å². The molecule has 1 unspecified atom stereocenters. The minimum Gasteiger partial charge on any atom is -0.346 e. The molecule has 1 aliphatic rings. The van der Waals surface area contributed by atoms with Crippen molar-refractivity contribution in [3.05, 3.63) is 35.7 Å². The maximum absolute atomic E-state index is 12.3. The van der Waals surface area contributed by atoms with Gasteiger partial charge in [0, 0.05) is 31.7 Å². The first-order valence-corrected chi connectivity index (χ1v) is 9.42. The molecule has 1 N–H and O–H groups in total. The van der Waals surface area contributed by atoms with E-state index in [9.17, 15) is 18.0 Å². The number of benzene rings is 1. The summed E-state index contributed by atoms with van der Waals surface area (Å²) in [6, 6.07) is 7.23. The van der Waals surface area contributed by atoms with Crippen LogP contribution in [0, 0.1) is 6.92 Å². The molecule has 29 heavy (non-hydrogen) atoms. The Morgan fingerprint density at radius 2 is 1.86 bits per heavy atom. The fraction of sp³-hybridized carbons (Fsp3) is 0.526. The monoisotopic (exact) mass is 411 g/mol. The Hall–Kier alpha value is -2.46. The van der Waals surface area contributed by atoms with Gasteiger partial charge in [0.05, 0.1) is 12.6 Å². The minimum atomic E-state index is -4.41. The normalized spacial score (nSPS) is 17.3. The van der Waals surface area contributed by atoms with Crippen LogP contribution >= 0.6 is 0 Å². The molecule has 10 heteroatoms. The zero-order chi connectivity index (χ0) is 21.0. The third kappa shape index (κ3) is 6.01. The van der Waals surface area contributed by atoms with Gasteiger partial charge in [-0.15, -0.1) is 0 Å². The van der Waals surface area contributed by atoms with Crippen molar-refractivity contribution in [2.75, 3.05) is 32.7 Å². The summed E-state index contributed by atoms with van der Waals surface area (Å²) in [6.07, 6.45) is -4.41. The summed E-state index contributed by atoms with van der Waals surface area (Å²) < 4.78 is 42.1. The number of rotatable bonds is 6. The highest BCUT2D eigenvalue weighted by molar-refractivity contribution is 5.81. The molecule has 1 amide bonds. The first-order chi connectivity index (χ1) is 13.7. The fourth-order valence-electron chi connectivity index (χ4n) is 3.14. The van der Waals surface area contributed by atoms with Crippen LogP contribution in [0.15, 0.2) is 28.8 Å². The average molecular weight is 411 g/mol. The number of hydrogen-bond acceptors (Lipinski definition) is 6. The number of aryl methyl sites for hydroxylation is 1. The highest BCUT2D eigenvalue weighted by atomic mass is 19.4. The maximum atomic E-state index is 12.3. The Labute approximate surface area is 166 Å². The number of carbonyl (C=O) groups excluding carboxylic acids is 1. The quantitative estimate of drug-likeness (QED) is 0.786. The Bertz CT molecular complexity index is 814. The largest absolute Gasteiger partial charge is 0.405 e. The van der Waals surface area contributed by atoms with E-state index in [0.29, 0.717) is 44.4 Å². The van der Waals surface area contributed by atoms with Crippen LogP contribution in [0.5, 0.6) is 0 Å². The van der Waals surface area contributed by atoms with Crippen LogP contribution in [0.4, 0.5) is 13.2 Å². The van der Waals surface area contributed by atoms with Crippen molar-refractivity contribution in [3.8, 4) is 11.4 Å². The first-order valence-electron chi connectivity index (χ1n) is 9.42. The van der Waals surface area contributed by atoms with E-state index in [1.807, 2.05) is 41.4 Å². The Balaban J connectivity index is 1.47.